The van der Waals surface area contributed by atoms with Gasteiger partial charge >= 0.3 is 29.6 Å². The summed E-state index contributed by atoms with van der Waals surface area (Å²) in [5, 5.41) is 9.66. The van der Waals surface area contributed by atoms with Gasteiger partial charge in [0.1, 0.15) is 0 Å². The van der Waals surface area contributed by atoms with E-state index in [2.05, 4.69) is 0 Å². The van der Waals surface area contributed by atoms with Crippen molar-refractivity contribution in [1.29, 1.82) is 0 Å². The van der Waals surface area contributed by atoms with Crippen molar-refractivity contribution < 1.29 is 39.5 Å². The molecule has 0 unspecified atom stereocenters. The maximum Gasteiger partial charge on any atom is 1.00 e. The molecule has 0 aliphatic heterocycles. The molecule has 0 aliphatic rings. The first-order chi connectivity index (χ1) is 3.13. The fourth-order valence-corrected chi connectivity index (χ4v) is 0.258. The topological polar surface area (TPSA) is 43.4 Å². The number of carbonyl (C=O) groups is 1. The first-order valence-electron chi connectivity index (χ1n) is 1.97. The molecule has 3 nitrogen and oxygen atoms in total. The quantitative estimate of drug-likeness (QED) is 0.385. The monoisotopic (exact) mass is 161 g/mol. The summed E-state index contributed by atoms with van der Waals surface area (Å²) in [5.41, 5.74) is 0. The third-order valence-corrected chi connectivity index (χ3v) is 0.445. The van der Waals surface area contributed by atoms with E-state index in [0.29, 0.717) is 0 Å². The maximum absolute atomic E-state index is 9.66. The summed E-state index contributed by atoms with van der Waals surface area (Å²) in [7, 11) is 3.35. The second-order valence-corrected chi connectivity index (χ2v) is 1.61. The van der Waals surface area contributed by atoms with Gasteiger partial charge in [0.15, 0.2) is 0 Å². The molecule has 0 amide bonds. The van der Waals surface area contributed by atoms with Crippen molar-refractivity contribution in [1.82, 2.24) is 4.90 Å². The molecule has 0 saturated carbocycles. The summed E-state index contributed by atoms with van der Waals surface area (Å²) < 4.78 is 0. The van der Waals surface area contributed by atoms with E-state index < -0.39 is 5.97 Å². The van der Waals surface area contributed by atoms with Gasteiger partial charge in [0, 0.05) is 6.54 Å². The standard InChI is InChI=1S/C4H9NO2.ClH.Na/c1-5(2)3-4(6)7;;/h3H2,1-2H3,(H,6,7);1H;/q;;+1/p-1. The van der Waals surface area contributed by atoms with Gasteiger partial charge in [-0.3, -0.25) is 0 Å². The van der Waals surface area contributed by atoms with Crippen LogP contribution >= 0.6 is 12.4 Å². The Balaban J connectivity index is -0.000000180. The number of halogens is 1. The zero-order valence-corrected chi connectivity index (χ0v) is 8.70. The van der Waals surface area contributed by atoms with Gasteiger partial charge in [-0.2, -0.15) is 0 Å². The van der Waals surface area contributed by atoms with E-state index in [-0.39, 0.29) is 48.5 Å². The minimum atomic E-state index is -1.04. The number of carboxylic acids is 1. The molecule has 0 heterocycles. The minimum absolute atomic E-state index is 0. The van der Waals surface area contributed by atoms with Crippen molar-refractivity contribution >= 4 is 18.4 Å². The number of carbonyl (C=O) groups excluding carboxylic acids is 1. The van der Waals surface area contributed by atoms with Gasteiger partial charge in [-0.15, -0.1) is 12.4 Å². The Morgan fingerprint density at radius 2 is 1.89 bits per heavy atom. The van der Waals surface area contributed by atoms with Crippen LogP contribution in [0.3, 0.4) is 0 Å². The SMILES string of the molecule is CN(C)CC(=O)[O-].Cl.[Na+]. The molecular weight excluding hydrogens is 152 g/mol. The number of nitrogens with zero attached hydrogens (tertiary/aromatic N) is 1. The van der Waals surface area contributed by atoms with Crippen LogP contribution in [-0.2, 0) is 4.79 Å². The van der Waals surface area contributed by atoms with Gasteiger partial charge in [-0.25, -0.2) is 0 Å². The van der Waals surface area contributed by atoms with Crippen LogP contribution in [0.4, 0.5) is 0 Å². The summed E-state index contributed by atoms with van der Waals surface area (Å²) in [6.45, 7) is 0. The molecule has 0 rings (SSSR count). The Labute approximate surface area is 83.1 Å². The number of hydrogen-bond donors (Lipinski definition) is 0. The molecule has 0 aliphatic carbocycles. The van der Waals surface area contributed by atoms with Crippen LogP contribution < -0.4 is 34.7 Å². The molecule has 0 spiro atoms. The molecule has 0 aromatic carbocycles. The number of likely N-dealkylation sites (N-methyl/N-ethyl adjacent to an activating group) is 1. The fourth-order valence-electron chi connectivity index (χ4n) is 0.258. The number of aliphatic carboxylic acids is 1. The molecule has 0 aromatic heterocycles. The third kappa shape index (κ3) is 17.7. The van der Waals surface area contributed by atoms with E-state index >= 15 is 0 Å². The van der Waals surface area contributed by atoms with Crippen molar-refractivity contribution in [2.45, 2.75) is 0 Å². The van der Waals surface area contributed by atoms with Gasteiger partial charge in [-0.05, 0) is 14.1 Å². The molecule has 5 heteroatoms. The Hall–Kier alpha value is 0.720. The maximum atomic E-state index is 9.66. The Morgan fingerprint density at radius 1 is 1.56 bits per heavy atom. The summed E-state index contributed by atoms with van der Waals surface area (Å²) in [6.07, 6.45) is 0. The molecule has 9 heavy (non-hydrogen) atoms. The van der Waals surface area contributed by atoms with Gasteiger partial charge in [-0.1, -0.05) is 0 Å². The Kier molecular flexibility index (Phi) is 15.9. The van der Waals surface area contributed by atoms with Crippen molar-refractivity contribution in [2.75, 3.05) is 20.6 Å². The van der Waals surface area contributed by atoms with Crippen molar-refractivity contribution in [3.05, 3.63) is 0 Å². The minimum Gasteiger partial charge on any atom is -0.549 e. The van der Waals surface area contributed by atoms with E-state index in [1.165, 1.54) is 4.90 Å². The van der Waals surface area contributed by atoms with Gasteiger partial charge in [0.05, 0.1) is 5.97 Å². The van der Waals surface area contributed by atoms with Crippen LogP contribution in [0.1, 0.15) is 0 Å². The van der Waals surface area contributed by atoms with E-state index in [9.17, 15) is 9.90 Å². The molecular formula is C4H9ClNNaO2. The first-order valence-corrected chi connectivity index (χ1v) is 1.97. The summed E-state index contributed by atoms with van der Waals surface area (Å²) in [6, 6.07) is 0. The van der Waals surface area contributed by atoms with Gasteiger partial charge in [0.2, 0.25) is 0 Å². The van der Waals surface area contributed by atoms with E-state index in [4.69, 9.17) is 0 Å². The zero-order chi connectivity index (χ0) is 5.86. The van der Waals surface area contributed by atoms with Crippen molar-refractivity contribution in [2.24, 2.45) is 0 Å². The number of carboxylic acid groups (broad SMARTS) is 1. The van der Waals surface area contributed by atoms with E-state index in [1.54, 1.807) is 14.1 Å². The smallest absolute Gasteiger partial charge is 0.549 e. The van der Waals surface area contributed by atoms with Crippen LogP contribution in [0, 0.1) is 0 Å². The molecule has 0 fully saturated rings. The first kappa shape index (κ1) is 16.4. The molecule has 0 bridgehead atoms. The van der Waals surface area contributed by atoms with Crippen LogP contribution in [0.5, 0.6) is 0 Å². The normalized spacial score (nSPS) is 7.44. The predicted octanol–water partition coefficient (Wildman–Crippen LogP) is -4.28. The molecule has 0 radical (unpaired) electrons. The molecule has 0 N–H and O–H groups in total. The van der Waals surface area contributed by atoms with Crippen molar-refractivity contribution in [3.8, 4) is 0 Å². The average Bonchev–Trinajstić information content (AvgIpc) is 1.27. The van der Waals surface area contributed by atoms with Gasteiger partial charge < -0.3 is 14.8 Å². The van der Waals surface area contributed by atoms with Crippen LogP contribution in [0.2, 0.25) is 0 Å². The largest absolute Gasteiger partial charge is 1.00 e. The third-order valence-electron chi connectivity index (χ3n) is 0.445. The van der Waals surface area contributed by atoms with Crippen LogP contribution in [0.15, 0.2) is 0 Å². The molecule has 0 saturated heterocycles. The zero-order valence-electron chi connectivity index (χ0n) is 5.88. The summed E-state index contributed by atoms with van der Waals surface area (Å²) in [4.78, 5) is 11.2. The molecule has 50 valence electrons. The van der Waals surface area contributed by atoms with Crippen molar-refractivity contribution in [3.63, 3.8) is 0 Å². The average molecular weight is 162 g/mol. The van der Waals surface area contributed by atoms with Crippen LogP contribution in [0.25, 0.3) is 0 Å². The second kappa shape index (κ2) is 8.72. The van der Waals surface area contributed by atoms with Crippen LogP contribution in [-0.4, -0.2) is 31.5 Å². The van der Waals surface area contributed by atoms with E-state index in [0.717, 1.165) is 0 Å². The second-order valence-electron chi connectivity index (χ2n) is 1.61. The molecule has 0 aromatic rings. The number of rotatable bonds is 2. The predicted molar refractivity (Wildman–Crippen MR) is 30.8 cm³/mol. The van der Waals surface area contributed by atoms with E-state index in [1.807, 2.05) is 0 Å². The summed E-state index contributed by atoms with van der Waals surface area (Å²) >= 11 is 0. The fraction of sp³-hybridized carbons (Fsp3) is 0.750. The summed E-state index contributed by atoms with van der Waals surface area (Å²) in [5.74, 6) is -1.04. The van der Waals surface area contributed by atoms with Gasteiger partial charge in [0.25, 0.3) is 0 Å². The number of hydrogen-bond acceptors (Lipinski definition) is 3. The molecule has 0 atom stereocenters. The Morgan fingerprint density at radius 3 is 1.89 bits per heavy atom. The Bertz CT molecular complexity index is 79.0.